The van der Waals surface area contributed by atoms with Crippen LogP contribution in [0, 0.1) is 0 Å². The molecule has 0 fully saturated rings. The molecule has 2 aromatic rings. The zero-order chi connectivity index (χ0) is 15.1. The van der Waals surface area contributed by atoms with Crippen LogP contribution in [-0.4, -0.2) is 23.5 Å². The maximum absolute atomic E-state index is 9.96. The van der Waals surface area contributed by atoms with Gasteiger partial charge in [0.15, 0.2) is 0 Å². The van der Waals surface area contributed by atoms with Crippen LogP contribution in [0.3, 0.4) is 0 Å². The molecular formula is C16H17Cl2NOS. The van der Waals surface area contributed by atoms with E-state index in [2.05, 4.69) is 5.32 Å². The highest BCUT2D eigenvalue weighted by molar-refractivity contribution is 7.99. The van der Waals surface area contributed by atoms with E-state index < -0.39 is 6.10 Å². The Kier molecular flexibility index (Phi) is 6.87. The first-order chi connectivity index (χ1) is 10.1. The quantitative estimate of drug-likeness (QED) is 0.739. The van der Waals surface area contributed by atoms with E-state index in [1.165, 1.54) is 4.90 Å². The number of thioether (sulfide) groups is 1. The van der Waals surface area contributed by atoms with E-state index in [1.807, 2.05) is 42.5 Å². The molecule has 2 aromatic carbocycles. The molecule has 0 bridgehead atoms. The lowest BCUT2D eigenvalue weighted by Gasteiger charge is -2.12. The molecule has 0 spiro atoms. The Bertz CT molecular complexity index is 565. The van der Waals surface area contributed by atoms with E-state index in [0.717, 1.165) is 5.56 Å². The molecular weight excluding hydrogens is 325 g/mol. The fourth-order valence-electron chi connectivity index (χ4n) is 1.80. The Balaban J connectivity index is 1.69. The Labute approximate surface area is 139 Å². The normalized spacial score (nSPS) is 12.3. The number of aliphatic hydroxyl groups is 1. The summed E-state index contributed by atoms with van der Waals surface area (Å²) in [6.45, 7) is 1.20. The first-order valence-electron chi connectivity index (χ1n) is 6.65. The van der Waals surface area contributed by atoms with Gasteiger partial charge in [-0.3, -0.25) is 0 Å². The fourth-order valence-corrected chi connectivity index (χ4v) is 2.97. The molecule has 1 atom stereocenters. The molecule has 2 nitrogen and oxygen atoms in total. The third-order valence-electron chi connectivity index (χ3n) is 2.88. The standard InChI is InChI=1S/C16H17Cl2NOS/c17-15-7-6-12(8-16(15)18)9-19-10-13(20)11-21-14-4-2-1-3-5-14/h1-8,13,19-20H,9-11H2. The summed E-state index contributed by atoms with van der Waals surface area (Å²) in [6.07, 6.45) is -0.391. The second-order valence-corrected chi connectivity index (χ2v) is 6.57. The highest BCUT2D eigenvalue weighted by Gasteiger charge is 2.05. The minimum absolute atomic E-state index is 0.391. The van der Waals surface area contributed by atoms with Gasteiger partial charge < -0.3 is 10.4 Å². The predicted octanol–water partition coefficient (Wildman–Crippen LogP) is 4.24. The molecule has 0 aliphatic carbocycles. The minimum Gasteiger partial charge on any atom is -0.391 e. The second-order valence-electron chi connectivity index (χ2n) is 4.66. The zero-order valence-corrected chi connectivity index (χ0v) is 13.8. The molecule has 0 amide bonds. The van der Waals surface area contributed by atoms with Crippen LogP contribution < -0.4 is 5.32 Å². The van der Waals surface area contributed by atoms with Crippen molar-refractivity contribution in [1.29, 1.82) is 0 Å². The highest BCUT2D eigenvalue weighted by Crippen LogP contribution is 2.22. The summed E-state index contributed by atoms with van der Waals surface area (Å²) in [5.41, 5.74) is 1.05. The van der Waals surface area contributed by atoms with E-state index >= 15 is 0 Å². The van der Waals surface area contributed by atoms with Crippen molar-refractivity contribution in [1.82, 2.24) is 5.32 Å². The third-order valence-corrected chi connectivity index (χ3v) is 4.77. The molecule has 0 heterocycles. The summed E-state index contributed by atoms with van der Waals surface area (Å²) in [6, 6.07) is 15.6. The smallest absolute Gasteiger partial charge is 0.0758 e. The summed E-state index contributed by atoms with van der Waals surface area (Å²) in [5, 5.41) is 14.3. The lowest BCUT2D eigenvalue weighted by atomic mass is 10.2. The van der Waals surface area contributed by atoms with Gasteiger partial charge in [0.1, 0.15) is 0 Å². The van der Waals surface area contributed by atoms with Crippen molar-refractivity contribution < 1.29 is 5.11 Å². The van der Waals surface area contributed by atoms with Crippen molar-refractivity contribution in [3.63, 3.8) is 0 Å². The van der Waals surface area contributed by atoms with Gasteiger partial charge in [-0.15, -0.1) is 11.8 Å². The van der Waals surface area contributed by atoms with Gasteiger partial charge >= 0.3 is 0 Å². The summed E-state index contributed by atoms with van der Waals surface area (Å²) < 4.78 is 0. The molecule has 21 heavy (non-hydrogen) atoms. The van der Waals surface area contributed by atoms with Crippen molar-refractivity contribution in [2.45, 2.75) is 17.5 Å². The summed E-state index contributed by atoms with van der Waals surface area (Å²) in [7, 11) is 0. The Morgan fingerprint density at radius 1 is 1.05 bits per heavy atom. The Morgan fingerprint density at radius 3 is 2.52 bits per heavy atom. The first-order valence-corrected chi connectivity index (χ1v) is 8.40. The maximum Gasteiger partial charge on any atom is 0.0758 e. The lowest BCUT2D eigenvalue weighted by Crippen LogP contribution is -2.28. The van der Waals surface area contributed by atoms with Gasteiger partial charge in [-0.25, -0.2) is 0 Å². The SMILES string of the molecule is OC(CNCc1ccc(Cl)c(Cl)c1)CSc1ccccc1. The molecule has 0 saturated carbocycles. The van der Waals surface area contributed by atoms with Gasteiger partial charge in [-0.1, -0.05) is 47.5 Å². The average molecular weight is 342 g/mol. The van der Waals surface area contributed by atoms with Crippen LogP contribution in [0.15, 0.2) is 53.4 Å². The van der Waals surface area contributed by atoms with Crippen molar-refractivity contribution in [3.8, 4) is 0 Å². The molecule has 112 valence electrons. The number of hydrogen-bond donors (Lipinski definition) is 2. The fraction of sp³-hybridized carbons (Fsp3) is 0.250. The maximum atomic E-state index is 9.96. The van der Waals surface area contributed by atoms with Crippen molar-refractivity contribution in [2.24, 2.45) is 0 Å². The molecule has 1 unspecified atom stereocenters. The van der Waals surface area contributed by atoms with Crippen LogP contribution in [0.5, 0.6) is 0 Å². The molecule has 0 aromatic heterocycles. The van der Waals surface area contributed by atoms with Crippen LogP contribution in [0.4, 0.5) is 0 Å². The first kappa shape index (κ1) is 16.7. The van der Waals surface area contributed by atoms with Crippen LogP contribution in [-0.2, 0) is 6.54 Å². The Morgan fingerprint density at radius 2 is 1.81 bits per heavy atom. The number of halogens is 2. The van der Waals surface area contributed by atoms with E-state index in [9.17, 15) is 5.11 Å². The summed E-state index contributed by atoms with van der Waals surface area (Å²) in [5.74, 6) is 0.665. The predicted molar refractivity (Wildman–Crippen MR) is 91.3 cm³/mol. The van der Waals surface area contributed by atoms with E-state index in [-0.39, 0.29) is 0 Å². The van der Waals surface area contributed by atoms with Crippen molar-refractivity contribution in [3.05, 3.63) is 64.1 Å². The summed E-state index contributed by atoms with van der Waals surface area (Å²) >= 11 is 13.5. The van der Waals surface area contributed by atoms with Crippen LogP contribution in [0.25, 0.3) is 0 Å². The number of rotatable bonds is 7. The molecule has 0 aliphatic rings. The molecule has 5 heteroatoms. The topological polar surface area (TPSA) is 32.3 Å². The van der Waals surface area contributed by atoms with Crippen molar-refractivity contribution >= 4 is 35.0 Å². The monoisotopic (exact) mass is 341 g/mol. The molecule has 2 N–H and O–H groups in total. The molecule has 0 aliphatic heterocycles. The molecule has 2 rings (SSSR count). The van der Waals surface area contributed by atoms with Crippen LogP contribution in [0.2, 0.25) is 10.0 Å². The largest absolute Gasteiger partial charge is 0.391 e. The highest BCUT2D eigenvalue weighted by atomic mass is 35.5. The third kappa shape index (κ3) is 5.89. The number of benzene rings is 2. The average Bonchev–Trinajstić information content (AvgIpc) is 2.50. The number of aliphatic hydroxyl groups excluding tert-OH is 1. The van der Waals surface area contributed by atoms with Gasteiger partial charge in [-0.2, -0.15) is 0 Å². The van der Waals surface area contributed by atoms with Gasteiger partial charge in [0.2, 0.25) is 0 Å². The van der Waals surface area contributed by atoms with Gasteiger partial charge in [0, 0.05) is 23.7 Å². The zero-order valence-electron chi connectivity index (χ0n) is 11.4. The second kappa shape index (κ2) is 8.66. The Hall–Kier alpha value is -0.710. The van der Waals surface area contributed by atoms with Crippen LogP contribution in [0.1, 0.15) is 5.56 Å². The van der Waals surface area contributed by atoms with Gasteiger partial charge in [0.05, 0.1) is 16.1 Å². The summed E-state index contributed by atoms with van der Waals surface area (Å²) in [4.78, 5) is 1.17. The van der Waals surface area contributed by atoms with Crippen LogP contribution >= 0.6 is 35.0 Å². The lowest BCUT2D eigenvalue weighted by molar-refractivity contribution is 0.195. The van der Waals surface area contributed by atoms with E-state index in [0.29, 0.717) is 28.9 Å². The molecule has 0 radical (unpaired) electrons. The minimum atomic E-state index is -0.391. The van der Waals surface area contributed by atoms with Gasteiger partial charge in [0.25, 0.3) is 0 Å². The molecule has 0 saturated heterocycles. The van der Waals surface area contributed by atoms with Crippen molar-refractivity contribution in [2.75, 3.05) is 12.3 Å². The number of nitrogens with one attached hydrogen (secondary N) is 1. The number of hydrogen-bond acceptors (Lipinski definition) is 3. The van der Waals surface area contributed by atoms with E-state index in [4.69, 9.17) is 23.2 Å². The van der Waals surface area contributed by atoms with E-state index in [1.54, 1.807) is 17.8 Å². The van der Waals surface area contributed by atoms with Gasteiger partial charge in [-0.05, 0) is 29.8 Å².